The van der Waals surface area contributed by atoms with Crippen LogP contribution in [0.5, 0.6) is 11.5 Å². The van der Waals surface area contributed by atoms with E-state index in [-0.39, 0.29) is 0 Å². The number of benzene rings is 2. The lowest BCUT2D eigenvalue weighted by atomic mass is 10.1. The van der Waals surface area contributed by atoms with Gasteiger partial charge >= 0.3 is 0 Å². The molecule has 0 aliphatic rings. The van der Waals surface area contributed by atoms with Crippen molar-refractivity contribution >= 4 is 5.82 Å². The molecule has 0 aliphatic heterocycles. The molecular weight excluding hydrogens is 280 g/mol. The molecule has 0 unspecified atom stereocenters. The molecule has 0 aliphatic carbocycles. The highest BCUT2D eigenvalue weighted by atomic mass is 16.5. The van der Waals surface area contributed by atoms with Crippen molar-refractivity contribution in [2.24, 2.45) is 0 Å². The van der Waals surface area contributed by atoms with E-state index in [0.717, 1.165) is 17.0 Å². The first kappa shape index (κ1) is 13.9. The quantitative estimate of drug-likeness (QED) is 0.800. The smallest absolute Gasteiger partial charge is 0.156 e. The molecule has 0 fully saturated rings. The van der Waals surface area contributed by atoms with Crippen LogP contribution in [0.2, 0.25) is 0 Å². The molecule has 6 nitrogen and oxygen atoms in total. The summed E-state index contributed by atoms with van der Waals surface area (Å²) in [5.41, 5.74) is 8.41. The number of nitrogen functional groups attached to an aromatic ring is 1. The highest BCUT2D eigenvalue weighted by Crippen LogP contribution is 2.30. The van der Waals surface area contributed by atoms with Crippen LogP contribution in [-0.2, 0) is 0 Å². The molecule has 0 saturated heterocycles. The summed E-state index contributed by atoms with van der Waals surface area (Å²) < 4.78 is 12.1. The fourth-order valence-electron chi connectivity index (χ4n) is 2.25. The van der Waals surface area contributed by atoms with E-state index in [1.54, 1.807) is 18.9 Å². The number of aromatic nitrogens is 3. The van der Waals surface area contributed by atoms with Gasteiger partial charge in [-0.15, -0.1) is 5.10 Å². The zero-order chi connectivity index (χ0) is 15.5. The first-order valence-electron chi connectivity index (χ1n) is 6.73. The molecule has 2 aromatic carbocycles. The molecule has 0 bridgehead atoms. The van der Waals surface area contributed by atoms with E-state index in [9.17, 15) is 0 Å². The fraction of sp³-hybridized carbons (Fsp3) is 0.125. The summed E-state index contributed by atoms with van der Waals surface area (Å²) in [4.78, 5) is 0. The first-order chi connectivity index (χ1) is 10.7. The SMILES string of the molecule is COc1cccc(-c2nnn(-c3ccccc3OC)c2N)c1. The first-order valence-corrected chi connectivity index (χ1v) is 6.73. The lowest BCUT2D eigenvalue weighted by Crippen LogP contribution is -2.04. The Labute approximate surface area is 128 Å². The number of nitrogens with zero attached hydrogens (tertiary/aromatic N) is 3. The van der Waals surface area contributed by atoms with Gasteiger partial charge in [-0.25, -0.2) is 0 Å². The molecule has 3 aromatic rings. The Morgan fingerprint density at radius 3 is 2.59 bits per heavy atom. The standard InChI is InChI=1S/C16H16N4O2/c1-21-12-7-5-6-11(10-12)15-16(17)20(19-18-15)13-8-3-4-9-14(13)22-2/h3-10H,17H2,1-2H3. The molecule has 0 amide bonds. The van der Waals surface area contributed by atoms with Crippen molar-refractivity contribution in [3.8, 4) is 28.4 Å². The van der Waals surface area contributed by atoms with Gasteiger partial charge in [0.2, 0.25) is 0 Å². The average Bonchev–Trinajstić information content (AvgIpc) is 2.96. The summed E-state index contributed by atoms with van der Waals surface area (Å²) in [5.74, 6) is 1.86. The van der Waals surface area contributed by atoms with Crippen molar-refractivity contribution in [1.29, 1.82) is 0 Å². The Morgan fingerprint density at radius 2 is 1.82 bits per heavy atom. The fourth-order valence-corrected chi connectivity index (χ4v) is 2.25. The van der Waals surface area contributed by atoms with E-state index >= 15 is 0 Å². The van der Waals surface area contributed by atoms with E-state index in [2.05, 4.69) is 10.3 Å². The maximum absolute atomic E-state index is 6.22. The van der Waals surface area contributed by atoms with Crippen LogP contribution in [-0.4, -0.2) is 29.2 Å². The Hall–Kier alpha value is -3.02. The van der Waals surface area contributed by atoms with Crippen molar-refractivity contribution in [3.05, 3.63) is 48.5 Å². The molecule has 112 valence electrons. The van der Waals surface area contributed by atoms with Crippen molar-refractivity contribution < 1.29 is 9.47 Å². The number of para-hydroxylation sites is 2. The van der Waals surface area contributed by atoms with Crippen LogP contribution in [0.15, 0.2) is 48.5 Å². The molecular formula is C16H16N4O2. The summed E-state index contributed by atoms with van der Waals surface area (Å²) in [7, 11) is 3.23. The van der Waals surface area contributed by atoms with E-state index in [4.69, 9.17) is 15.2 Å². The molecule has 0 radical (unpaired) electrons. The van der Waals surface area contributed by atoms with Crippen LogP contribution >= 0.6 is 0 Å². The van der Waals surface area contributed by atoms with Crippen molar-refractivity contribution in [2.75, 3.05) is 20.0 Å². The second-order valence-electron chi connectivity index (χ2n) is 4.64. The zero-order valence-electron chi connectivity index (χ0n) is 12.4. The van der Waals surface area contributed by atoms with E-state index < -0.39 is 0 Å². The minimum absolute atomic E-state index is 0.442. The van der Waals surface area contributed by atoms with Crippen molar-refractivity contribution in [2.45, 2.75) is 0 Å². The van der Waals surface area contributed by atoms with Gasteiger partial charge in [-0.3, -0.25) is 0 Å². The number of hydrogen-bond donors (Lipinski definition) is 1. The maximum atomic E-state index is 6.22. The van der Waals surface area contributed by atoms with Gasteiger partial charge in [0.25, 0.3) is 0 Å². The van der Waals surface area contributed by atoms with E-state index in [1.807, 2.05) is 48.5 Å². The highest BCUT2D eigenvalue weighted by molar-refractivity contribution is 5.72. The largest absolute Gasteiger partial charge is 0.497 e. The molecule has 1 heterocycles. The monoisotopic (exact) mass is 296 g/mol. The lowest BCUT2D eigenvalue weighted by molar-refractivity contribution is 0.411. The number of anilines is 1. The van der Waals surface area contributed by atoms with Crippen LogP contribution < -0.4 is 15.2 Å². The molecule has 0 saturated carbocycles. The normalized spacial score (nSPS) is 10.5. The van der Waals surface area contributed by atoms with Crippen LogP contribution in [0.4, 0.5) is 5.82 Å². The van der Waals surface area contributed by atoms with Gasteiger partial charge in [-0.1, -0.05) is 29.5 Å². The van der Waals surface area contributed by atoms with Gasteiger partial charge in [0.15, 0.2) is 5.82 Å². The van der Waals surface area contributed by atoms with Crippen LogP contribution in [0.3, 0.4) is 0 Å². The highest BCUT2D eigenvalue weighted by Gasteiger charge is 2.15. The van der Waals surface area contributed by atoms with Gasteiger partial charge < -0.3 is 15.2 Å². The average molecular weight is 296 g/mol. The van der Waals surface area contributed by atoms with Crippen molar-refractivity contribution in [1.82, 2.24) is 15.0 Å². The number of ether oxygens (including phenoxy) is 2. The molecule has 0 atom stereocenters. The predicted molar refractivity (Wildman–Crippen MR) is 84.3 cm³/mol. The lowest BCUT2D eigenvalue weighted by Gasteiger charge is -2.08. The minimum Gasteiger partial charge on any atom is -0.497 e. The minimum atomic E-state index is 0.442. The number of hydrogen-bond acceptors (Lipinski definition) is 5. The Balaban J connectivity index is 2.09. The molecule has 6 heteroatoms. The Kier molecular flexibility index (Phi) is 3.65. The summed E-state index contributed by atoms with van der Waals surface area (Å²) in [6.07, 6.45) is 0. The second-order valence-corrected chi connectivity index (χ2v) is 4.64. The molecule has 3 rings (SSSR count). The maximum Gasteiger partial charge on any atom is 0.156 e. The number of rotatable bonds is 4. The third kappa shape index (κ3) is 2.35. The summed E-state index contributed by atoms with van der Waals surface area (Å²) in [5, 5.41) is 8.34. The van der Waals surface area contributed by atoms with Gasteiger partial charge in [0.1, 0.15) is 22.9 Å². The van der Waals surface area contributed by atoms with Crippen molar-refractivity contribution in [3.63, 3.8) is 0 Å². The van der Waals surface area contributed by atoms with Gasteiger partial charge in [-0.05, 0) is 24.3 Å². The summed E-state index contributed by atoms with van der Waals surface area (Å²) in [6, 6.07) is 15.0. The molecule has 22 heavy (non-hydrogen) atoms. The topological polar surface area (TPSA) is 75.2 Å². The Bertz CT molecular complexity index is 798. The second kappa shape index (κ2) is 5.77. The van der Waals surface area contributed by atoms with Gasteiger partial charge in [0, 0.05) is 5.56 Å². The zero-order valence-corrected chi connectivity index (χ0v) is 12.4. The third-order valence-electron chi connectivity index (χ3n) is 3.36. The number of nitrogens with two attached hydrogens (primary N) is 1. The summed E-state index contributed by atoms with van der Waals surface area (Å²) >= 11 is 0. The summed E-state index contributed by atoms with van der Waals surface area (Å²) in [6.45, 7) is 0. The molecule has 1 aromatic heterocycles. The van der Waals surface area contributed by atoms with Crippen LogP contribution in [0, 0.1) is 0 Å². The molecule has 2 N–H and O–H groups in total. The number of methoxy groups -OCH3 is 2. The molecule has 0 spiro atoms. The van der Waals surface area contributed by atoms with Crippen LogP contribution in [0.1, 0.15) is 0 Å². The van der Waals surface area contributed by atoms with E-state index in [1.165, 1.54) is 0 Å². The van der Waals surface area contributed by atoms with E-state index in [0.29, 0.717) is 17.3 Å². The Morgan fingerprint density at radius 1 is 1.00 bits per heavy atom. The van der Waals surface area contributed by atoms with Crippen LogP contribution in [0.25, 0.3) is 16.9 Å². The third-order valence-corrected chi connectivity index (χ3v) is 3.36. The van der Waals surface area contributed by atoms with Gasteiger partial charge in [0.05, 0.1) is 14.2 Å². The predicted octanol–water partition coefficient (Wildman–Crippen LogP) is 2.53. The van der Waals surface area contributed by atoms with Gasteiger partial charge in [-0.2, -0.15) is 4.68 Å².